The van der Waals surface area contributed by atoms with Gasteiger partial charge in [-0.15, -0.1) is 4.31 Å². The molecule has 1 aromatic rings. The summed E-state index contributed by atoms with van der Waals surface area (Å²) >= 11 is -1.35. The number of hydrogen-bond donors (Lipinski definition) is 2. The fourth-order valence-corrected chi connectivity index (χ4v) is 6.81. The number of benzene rings is 1. The van der Waals surface area contributed by atoms with Crippen molar-refractivity contribution in [1.82, 2.24) is 14.9 Å². The van der Waals surface area contributed by atoms with Crippen LogP contribution < -0.4 is 15.5 Å². The van der Waals surface area contributed by atoms with Crippen LogP contribution in [0.15, 0.2) is 28.6 Å². The molecule has 204 valence electrons. The van der Waals surface area contributed by atoms with Crippen molar-refractivity contribution in [3.63, 3.8) is 0 Å². The molecule has 2 saturated heterocycles. The number of amides is 4. The number of carbonyl (C=O) groups excluding carboxylic acids is 3. The number of imide groups is 1. The topological polar surface area (TPSA) is 117 Å². The number of rotatable bonds is 5. The van der Waals surface area contributed by atoms with Gasteiger partial charge in [0.25, 0.3) is 11.8 Å². The minimum atomic E-state index is -1.35. The first-order chi connectivity index (χ1) is 18.0. The van der Waals surface area contributed by atoms with Gasteiger partial charge in [-0.3, -0.25) is 14.6 Å². The number of urea groups is 1. The van der Waals surface area contributed by atoms with Crippen molar-refractivity contribution >= 4 is 46.8 Å². The van der Waals surface area contributed by atoms with Gasteiger partial charge in [-0.25, -0.2) is 9.69 Å². The Morgan fingerprint density at radius 3 is 2.39 bits per heavy atom. The average Bonchev–Trinajstić information content (AvgIpc) is 3.29. The van der Waals surface area contributed by atoms with Crippen LogP contribution in [0.25, 0.3) is 6.08 Å². The lowest BCUT2D eigenvalue weighted by molar-refractivity contribution is -0.125. The van der Waals surface area contributed by atoms with Crippen LogP contribution >= 0.6 is 0 Å². The molecule has 0 radical (unpaired) electrons. The SMILES string of the molecule is Cc1cc(N2C(=O)NC(C)(C)C2=O)ccc1/C=C/[S+]([O-])N1CCC2(CC1)N=C(C1CCC(C)CC1)NC2=O. The van der Waals surface area contributed by atoms with Crippen LogP contribution in [0.3, 0.4) is 0 Å². The number of aryl methyl sites for hydroxylation is 1. The van der Waals surface area contributed by atoms with Gasteiger partial charge in [0, 0.05) is 19.0 Å². The van der Waals surface area contributed by atoms with E-state index in [4.69, 9.17) is 4.99 Å². The largest absolute Gasteiger partial charge is 0.593 e. The highest BCUT2D eigenvalue weighted by atomic mass is 32.2. The van der Waals surface area contributed by atoms with Crippen LogP contribution in [-0.2, 0) is 21.0 Å². The third-order valence-electron chi connectivity index (χ3n) is 8.44. The van der Waals surface area contributed by atoms with Gasteiger partial charge in [-0.05, 0) is 81.7 Å². The van der Waals surface area contributed by atoms with E-state index in [0.29, 0.717) is 37.5 Å². The Labute approximate surface area is 227 Å². The molecule has 3 heterocycles. The first-order valence-electron chi connectivity index (χ1n) is 13.5. The fourth-order valence-electron chi connectivity index (χ4n) is 5.83. The summed E-state index contributed by atoms with van der Waals surface area (Å²) in [5, 5.41) is 7.43. The molecule has 1 aromatic carbocycles. The van der Waals surface area contributed by atoms with Gasteiger partial charge in [-0.2, -0.15) is 0 Å². The quantitative estimate of drug-likeness (QED) is 0.438. The van der Waals surface area contributed by atoms with Gasteiger partial charge in [0.15, 0.2) is 0 Å². The molecule has 3 aliphatic heterocycles. The number of amidine groups is 1. The van der Waals surface area contributed by atoms with Crippen LogP contribution in [0, 0.1) is 18.8 Å². The zero-order valence-corrected chi connectivity index (χ0v) is 23.4. The summed E-state index contributed by atoms with van der Waals surface area (Å²) in [7, 11) is 0. The second-order valence-corrected chi connectivity index (χ2v) is 13.0. The molecule has 3 fully saturated rings. The molecule has 1 aliphatic carbocycles. The molecule has 10 heteroatoms. The van der Waals surface area contributed by atoms with Crippen molar-refractivity contribution in [1.29, 1.82) is 0 Å². The zero-order chi connectivity index (χ0) is 27.2. The van der Waals surface area contributed by atoms with Gasteiger partial charge >= 0.3 is 6.03 Å². The maximum Gasteiger partial charge on any atom is 0.329 e. The number of nitrogens with one attached hydrogen (secondary N) is 2. The molecule has 1 saturated carbocycles. The second kappa shape index (κ2) is 10.1. The van der Waals surface area contributed by atoms with E-state index in [2.05, 4.69) is 17.6 Å². The first-order valence-corrected chi connectivity index (χ1v) is 14.7. The summed E-state index contributed by atoms with van der Waals surface area (Å²) in [6, 6.07) is 4.89. The molecule has 5 rings (SSSR count). The van der Waals surface area contributed by atoms with Crippen LogP contribution in [0.5, 0.6) is 0 Å². The van der Waals surface area contributed by atoms with Gasteiger partial charge in [0.1, 0.15) is 22.3 Å². The number of aliphatic imine (C=N–C) groups is 1. The Morgan fingerprint density at radius 1 is 1.11 bits per heavy atom. The zero-order valence-electron chi connectivity index (χ0n) is 22.6. The summed E-state index contributed by atoms with van der Waals surface area (Å²) in [5.74, 6) is 1.66. The third kappa shape index (κ3) is 5.01. The van der Waals surface area contributed by atoms with E-state index in [0.717, 1.165) is 40.6 Å². The van der Waals surface area contributed by atoms with Crippen molar-refractivity contribution < 1.29 is 18.9 Å². The van der Waals surface area contributed by atoms with Crippen molar-refractivity contribution in [3.05, 3.63) is 34.7 Å². The number of hydrogen-bond acceptors (Lipinski definition) is 6. The fraction of sp³-hybridized carbons (Fsp3) is 0.571. The Balaban J connectivity index is 1.20. The normalized spacial score (nSPS) is 28.1. The van der Waals surface area contributed by atoms with E-state index in [1.807, 2.05) is 17.3 Å². The van der Waals surface area contributed by atoms with E-state index >= 15 is 0 Å². The monoisotopic (exact) mass is 539 g/mol. The summed E-state index contributed by atoms with van der Waals surface area (Å²) in [5.41, 5.74) is 0.568. The van der Waals surface area contributed by atoms with Crippen molar-refractivity contribution in [2.75, 3.05) is 18.0 Å². The Hall–Kier alpha value is -2.69. The van der Waals surface area contributed by atoms with Gasteiger partial charge < -0.3 is 15.2 Å². The minimum Gasteiger partial charge on any atom is -0.593 e. The molecular formula is C28H37N5O4S. The molecule has 1 spiro atoms. The number of anilines is 1. The Kier molecular flexibility index (Phi) is 7.17. The highest BCUT2D eigenvalue weighted by molar-refractivity contribution is 7.92. The maximum absolute atomic E-state index is 13.1. The number of nitrogens with zero attached hydrogens (tertiary/aromatic N) is 3. The van der Waals surface area contributed by atoms with E-state index in [1.165, 1.54) is 12.8 Å². The summed E-state index contributed by atoms with van der Waals surface area (Å²) < 4.78 is 14.9. The van der Waals surface area contributed by atoms with Gasteiger partial charge in [0.2, 0.25) is 0 Å². The average molecular weight is 540 g/mol. The molecule has 4 amide bonds. The molecule has 38 heavy (non-hydrogen) atoms. The van der Waals surface area contributed by atoms with Crippen molar-refractivity contribution in [2.24, 2.45) is 16.8 Å². The first kappa shape index (κ1) is 26.9. The smallest absolute Gasteiger partial charge is 0.329 e. The van der Waals surface area contributed by atoms with E-state index in [9.17, 15) is 18.9 Å². The number of carbonyl (C=O) groups is 3. The Bertz CT molecular complexity index is 1200. The predicted molar refractivity (Wildman–Crippen MR) is 149 cm³/mol. The lowest BCUT2D eigenvalue weighted by Gasteiger charge is -2.34. The molecular weight excluding hydrogens is 502 g/mol. The van der Waals surface area contributed by atoms with E-state index < -0.39 is 28.5 Å². The molecule has 9 nitrogen and oxygen atoms in total. The van der Waals surface area contributed by atoms with E-state index in [-0.39, 0.29) is 11.8 Å². The lowest BCUT2D eigenvalue weighted by atomic mass is 9.82. The molecule has 4 aliphatic rings. The van der Waals surface area contributed by atoms with Gasteiger partial charge in [-0.1, -0.05) is 25.8 Å². The molecule has 2 N–H and O–H groups in total. The third-order valence-corrected chi connectivity index (χ3v) is 9.68. The predicted octanol–water partition coefficient (Wildman–Crippen LogP) is 3.65. The molecule has 1 atom stereocenters. The molecule has 0 aromatic heterocycles. The summed E-state index contributed by atoms with van der Waals surface area (Å²) in [6.45, 7) is 8.59. The molecule has 0 bridgehead atoms. The highest BCUT2D eigenvalue weighted by Gasteiger charge is 2.48. The van der Waals surface area contributed by atoms with Crippen LogP contribution in [0.1, 0.15) is 70.4 Å². The molecule has 1 unspecified atom stereocenters. The summed E-state index contributed by atoms with van der Waals surface area (Å²) in [4.78, 5) is 43.9. The highest BCUT2D eigenvalue weighted by Crippen LogP contribution is 2.36. The Morgan fingerprint density at radius 2 is 1.79 bits per heavy atom. The van der Waals surface area contributed by atoms with Crippen LogP contribution in [0.2, 0.25) is 0 Å². The van der Waals surface area contributed by atoms with Crippen LogP contribution in [0.4, 0.5) is 10.5 Å². The number of piperidine rings is 1. The standard InChI is InChI=1S/C28H37N5O4S/c1-18-5-7-21(8-6-18)23-29-24(34)28(30-23)12-14-32(15-13-28)38(37)16-11-20-9-10-22(17-19(20)2)33-25(35)27(3,4)31-26(33)36/h9-11,16-18,21H,5-8,12-15H2,1-4H3,(H,31,36)(H,29,30,34)/b16-11+. The van der Waals surface area contributed by atoms with Crippen molar-refractivity contribution in [3.8, 4) is 0 Å². The maximum atomic E-state index is 13.1. The van der Waals surface area contributed by atoms with Crippen molar-refractivity contribution in [2.45, 2.75) is 77.3 Å². The van der Waals surface area contributed by atoms with Gasteiger partial charge in [0.05, 0.1) is 17.0 Å². The lowest BCUT2D eigenvalue weighted by Crippen LogP contribution is -2.50. The summed E-state index contributed by atoms with van der Waals surface area (Å²) in [6.07, 6.45) is 7.43. The van der Waals surface area contributed by atoms with E-state index in [1.54, 1.807) is 37.5 Å². The van der Waals surface area contributed by atoms with Crippen LogP contribution in [-0.4, -0.2) is 56.7 Å². The minimum absolute atomic E-state index is 0.00337. The second-order valence-electron chi connectivity index (χ2n) is 11.7.